The third-order valence-electron chi connectivity index (χ3n) is 4.68. The first kappa shape index (κ1) is 18.8. The number of benzene rings is 1. The lowest BCUT2D eigenvalue weighted by molar-refractivity contribution is -0.121. The molecule has 1 aliphatic rings. The lowest BCUT2D eigenvalue weighted by Crippen LogP contribution is -2.46. The summed E-state index contributed by atoms with van der Waals surface area (Å²) in [7, 11) is 0. The van der Waals surface area contributed by atoms with Gasteiger partial charge in [0, 0.05) is 12.5 Å². The van der Waals surface area contributed by atoms with Gasteiger partial charge in [-0.05, 0) is 44.5 Å². The molecule has 3 rings (SSSR count). The van der Waals surface area contributed by atoms with Crippen molar-refractivity contribution >= 4 is 33.5 Å². The first-order valence-corrected chi connectivity index (χ1v) is 10.1. The molecule has 140 valence electrons. The van der Waals surface area contributed by atoms with Gasteiger partial charge in [-0.2, -0.15) is 0 Å². The number of nitrogens with one attached hydrogen (secondary N) is 2. The zero-order valence-corrected chi connectivity index (χ0v) is 16.0. The summed E-state index contributed by atoms with van der Waals surface area (Å²) < 4.78 is 1.23. The Morgan fingerprint density at radius 2 is 2.04 bits per heavy atom. The van der Waals surface area contributed by atoms with Crippen LogP contribution >= 0.6 is 11.3 Å². The number of piperidine rings is 1. The van der Waals surface area contributed by atoms with E-state index in [0.717, 1.165) is 44.3 Å². The predicted octanol–water partition coefficient (Wildman–Crippen LogP) is 3.10. The molecule has 6 nitrogen and oxygen atoms in total. The normalized spacial score (nSPS) is 15.9. The standard InChI is InChI=1S/C19H26N4O2S/c1-2-3-10-20-19(25)22-17(24)13-23-11-8-14(9-12-23)18-21-15-6-4-5-7-16(15)26-18/h4-7,14H,2-3,8-13H2,1H3,(H2,20,22,24,25). The highest BCUT2D eigenvalue weighted by Crippen LogP contribution is 2.33. The number of rotatable bonds is 6. The number of urea groups is 1. The number of thiazole rings is 1. The van der Waals surface area contributed by atoms with Crippen LogP contribution in [-0.2, 0) is 4.79 Å². The molecule has 1 aromatic carbocycles. The van der Waals surface area contributed by atoms with E-state index in [2.05, 4.69) is 34.6 Å². The van der Waals surface area contributed by atoms with Crippen molar-refractivity contribution in [1.29, 1.82) is 0 Å². The summed E-state index contributed by atoms with van der Waals surface area (Å²) >= 11 is 1.77. The Kier molecular flexibility index (Phi) is 6.57. The van der Waals surface area contributed by atoms with Crippen LogP contribution in [0.1, 0.15) is 43.5 Å². The zero-order chi connectivity index (χ0) is 18.4. The van der Waals surface area contributed by atoms with Gasteiger partial charge >= 0.3 is 6.03 Å². The molecule has 2 N–H and O–H groups in total. The van der Waals surface area contributed by atoms with Crippen LogP contribution in [0.2, 0.25) is 0 Å². The van der Waals surface area contributed by atoms with Crippen LogP contribution in [0.4, 0.5) is 4.79 Å². The molecule has 3 amide bonds. The number of fused-ring (bicyclic) bond motifs is 1. The summed E-state index contributed by atoms with van der Waals surface area (Å²) in [5, 5.41) is 6.30. The molecule has 2 aromatic rings. The van der Waals surface area contributed by atoms with Crippen molar-refractivity contribution in [2.75, 3.05) is 26.2 Å². The topological polar surface area (TPSA) is 74.3 Å². The monoisotopic (exact) mass is 374 g/mol. The number of hydrogen-bond acceptors (Lipinski definition) is 5. The third kappa shape index (κ3) is 5.02. The van der Waals surface area contributed by atoms with Crippen LogP contribution in [-0.4, -0.2) is 48.0 Å². The van der Waals surface area contributed by atoms with Gasteiger partial charge < -0.3 is 5.32 Å². The van der Waals surface area contributed by atoms with E-state index < -0.39 is 6.03 Å². The van der Waals surface area contributed by atoms with E-state index in [1.54, 1.807) is 11.3 Å². The second kappa shape index (κ2) is 9.09. The molecule has 0 atom stereocenters. The van der Waals surface area contributed by atoms with Crippen molar-refractivity contribution in [2.45, 2.75) is 38.5 Å². The number of aromatic nitrogens is 1. The molecule has 1 fully saturated rings. The minimum absolute atomic E-state index is 0.238. The predicted molar refractivity (Wildman–Crippen MR) is 104 cm³/mol. The van der Waals surface area contributed by atoms with Crippen LogP contribution in [0.5, 0.6) is 0 Å². The van der Waals surface area contributed by atoms with Crippen molar-refractivity contribution in [3.05, 3.63) is 29.3 Å². The van der Waals surface area contributed by atoms with E-state index in [1.165, 1.54) is 9.71 Å². The molecule has 0 bridgehead atoms. The fraction of sp³-hybridized carbons (Fsp3) is 0.526. The largest absolute Gasteiger partial charge is 0.338 e. The number of unbranched alkanes of at least 4 members (excludes halogenated alkanes) is 1. The van der Waals surface area contributed by atoms with E-state index in [4.69, 9.17) is 4.98 Å². The first-order chi connectivity index (χ1) is 12.7. The molecule has 26 heavy (non-hydrogen) atoms. The maximum Gasteiger partial charge on any atom is 0.321 e. The van der Waals surface area contributed by atoms with E-state index >= 15 is 0 Å². The fourth-order valence-electron chi connectivity index (χ4n) is 3.19. The van der Waals surface area contributed by atoms with Crippen molar-refractivity contribution in [1.82, 2.24) is 20.5 Å². The molecule has 1 aliphatic heterocycles. The van der Waals surface area contributed by atoms with Crippen LogP contribution in [0, 0.1) is 0 Å². The van der Waals surface area contributed by atoms with Crippen LogP contribution < -0.4 is 10.6 Å². The molecule has 1 saturated heterocycles. The minimum Gasteiger partial charge on any atom is -0.338 e. The number of likely N-dealkylation sites (tertiary alicyclic amines) is 1. The summed E-state index contributed by atoms with van der Waals surface area (Å²) in [6, 6.07) is 7.84. The zero-order valence-electron chi connectivity index (χ0n) is 15.2. The Morgan fingerprint density at radius 3 is 2.77 bits per heavy atom. The maximum absolute atomic E-state index is 12.0. The van der Waals surface area contributed by atoms with E-state index in [-0.39, 0.29) is 12.5 Å². The lowest BCUT2D eigenvalue weighted by atomic mass is 9.97. The Balaban J connectivity index is 1.43. The van der Waals surface area contributed by atoms with Gasteiger partial charge in [0.15, 0.2) is 0 Å². The smallest absolute Gasteiger partial charge is 0.321 e. The number of para-hydroxylation sites is 1. The van der Waals surface area contributed by atoms with Crippen molar-refractivity contribution in [3.63, 3.8) is 0 Å². The van der Waals surface area contributed by atoms with Crippen molar-refractivity contribution in [2.24, 2.45) is 0 Å². The van der Waals surface area contributed by atoms with E-state index in [1.807, 2.05) is 12.1 Å². The molecule has 7 heteroatoms. The average Bonchev–Trinajstić information content (AvgIpc) is 3.06. The second-order valence-electron chi connectivity index (χ2n) is 6.73. The Morgan fingerprint density at radius 1 is 1.27 bits per heavy atom. The Bertz CT molecular complexity index is 720. The summed E-state index contributed by atoms with van der Waals surface area (Å²) in [6.45, 7) is 4.64. The first-order valence-electron chi connectivity index (χ1n) is 9.31. The SMILES string of the molecule is CCCCNC(=O)NC(=O)CN1CCC(c2nc3ccccc3s2)CC1. The summed E-state index contributed by atoms with van der Waals surface area (Å²) in [4.78, 5) is 30.5. The van der Waals surface area contributed by atoms with Crippen LogP contribution in [0.25, 0.3) is 10.2 Å². The molecule has 0 saturated carbocycles. The van der Waals surface area contributed by atoms with Gasteiger partial charge in [0.05, 0.1) is 21.8 Å². The van der Waals surface area contributed by atoms with E-state index in [9.17, 15) is 9.59 Å². The third-order valence-corrected chi connectivity index (χ3v) is 5.88. The van der Waals surface area contributed by atoms with Gasteiger partial charge in [-0.3, -0.25) is 15.0 Å². The molecule has 0 spiro atoms. The second-order valence-corrected chi connectivity index (χ2v) is 7.79. The average molecular weight is 375 g/mol. The molecule has 1 aromatic heterocycles. The molecular formula is C19H26N4O2S. The minimum atomic E-state index is -0.396. The van der Waals surface area contributed by atoms with Gasteiger partial charge in [-0.25, -0.2) is 9.78 Å². The highest BCUT2D eigenvalue weighted by atomic mass is 32.1. The lowest BCUT2D eigenvalue weighted by Gasteiger charge is -2.30. The van der Waals surface area contributed by atoms with Gasteiger partial charge in [0.1, 0.15) is 0 Å². The number of carbonyl (C=O) groups excluding carboxylic acids is 2. The summed E-state index contributed by atoms with van der Waals surface area (Å²) in [5.41, 5.74) is 1.07. The fourth-order valence-corrected chi connectivity index (χ4v) is 4.33. The van der Waals surface area contributed by atoms with E-state index in [0.29, 0.717) is 12.5 Å². The van der Waals surface area contributed by atoms with Crippen LogP contribution in [0.15, 0.2) is 24.3 Å². The number of imide groups is 1. The number of amides is 3. The highest BCUT2D eigenvalue weighted by molar-refractivity contribution is 7.18. The maximum atomic E-state index is 12.0. The quantitative estimate of drug-likeness (QED) is 0.762. The number of carbonyl (C=O) groups is 2. The molecule has 0 radical (unpaired) electrons. The molecular weight excluding hydrogens is 348 g/mol. The van der Waals surface area contributed by atoms with Crippen LogP contribution in [0.3, 0.4) is 0 Å². The number of nitrogens with zero attached hydrogens (tertiary/aromatic N) is 2. The summed E-state index contributed by atoms with van der Waals surface area (Å²) in [5.74, 6) is 0.224. The highest BCUT2D eigenvalue weighted by Gasteiger charge is 2.24. The molecule has 2 heterocycles. The van der Waals surface area contributed by atoms with Crippen molar-refractivity contribution < 1.29 is 9.59 Å². The van der Waals surface area contributed by atoms with Gasteiger partial charge in [0.25, 0.3) is 0 Å². The van der Waals surface area contributed by atoms with Gasteiger partial charge in [0.2, 0.25) is 5.91 Å². The summed E-state index contributed by atoms with van der Waals surface area (Å²) in [6.07, 6.45) is 3.92. The Labute approximate surface area is 158 Å². The molecule has 0 aliphatic carbocycles. The van der Waals surface area contributed by atoms with Gasteiger partial charge in [-0.15, -0.1) is 11.3 Å². The Hall–Kier alpha value is -1.99. The van der Waals surface area contributed by atoms with Gasteiger partial charge in [-0.1, -0.05) is 25.5 Å². The number of hydrogen-bond donors (Lipinski definition) is 2. The molecule has 0 unspecified atom stereocenters. The van der Waals surface area contributed by atoms with Crippen molar-refractivity contribution in [3.8, 4) is 0 Å².